The number of hydrogen-bond donors (Lipinski definition) is 1. The number of anilines is 1. The minimum absolute atomic E-state index is 0.0235. The molecule has 29 heavy (non-hydrogen) atoms. The molecule has 154 valence electrons. The van der Waals surface area contributed by atoms with Crippen LogP contribution in [0.4, 0.5) is 5.69 Å². The molecule has 0 aliphatic heterocycles. The predicted octanol–water partition coefficient (Wildman–Crippen LogP) is 3.55. The van der Waals surface area contributed by atoms with E-state index in [4.69, 9.17) is 4.74 Å². The van der Waals surface area contributed by atoms with E-state index in [9.17, 15) is 14.4 Å². The van der Waals surface area contributed by atoms with Gasteiger partial charge in [-0.25, -0.2) is 4.79 Å². The molecule has 0 atom stereocenters. The van der Waals surface area contributed by atoms with Crippen LogP contribution in [-0.2, 0) is 14.9 Å². The fourth-order valence-electron chi connectivity index (χ4n) is 2.89. The first-order valence-corrected chi connectivity index (χ1v) is 9.48. The zero-order chi connectivity index (χ0) is 21.6. The molecule has 0 aromatic heterocycles. The number of carbonyl (C=O) groups excluding carboxylic acids is 3. The summed E-state index contributed by atoms with van der Waals surface area (Å²) in [5.41, 5.74) is 2.68. The molecule has 1 N–H and O–H groups in total. The van der Waals surface area contributed by atoms with Gasteiger partial charge in [-0.15, -0.1) is 0 Å². The molecular weight excluding hydrogens is 368 g/mol. The van der Waals surface area contributed by atoms with Gasteiger partial charge in [-0.3, -0.25) is 9.59 Å². The third-order valence-corrected chi connectivity index (χ3v) is 4.59. The zero-order valence-electron chi connectivity index (χ0n) is 17.6. The summed E-state index contributed by atoms with van der Waals surface area (Å²) in [6.45, 7) is 8.36. The predicted molar refractivity (Wildman–Crippen MR) is 113 cm³/mol. The summed E-state index contributed by atoms with van der Waals surface area (Å²) in [5.74, 6) is -0.851. The van der Waals surface area contributed by atoms with Gasteiger partial charge in [0.25, 0.3) is 5.91 Å². The number of nitrogens with one attached hydrogen (secondary N) is 1. The van der Waals surface area contributed by atoms with Gasteiger partial charge < -0.3 is 15.0 Å². The lowest BCUT2D eigenvalue weighted by Gasteiger charge is -2.22. The molecule has 0 bridgehead atoms. The average Bonchev–Trinajstić information content (AvgIpc) is 2.69. The average molecular weight is 396 g/mol. The molecule has 2 amide bonds. The van der Waals surface area contributed by atoms with Crippen molar-refractivity contribution >= 4 is 23.5 Å². The molecule has 2 aromatic carbocycles. The molecule has 0 heterocycles. The van der Waals surface area contributed by atoms with Gasteiger partial charge in [0.05, 0.1) is 12.7 Å². The van der Waals surface area contributed by atoms with Crippen molar-refractivity contribution in [3.05, 3.63) is 65.2 Å². The SMILES string of the molecule is COC(=O)c1cccc(N(CCNC(=O)c2ccc(C(C)(C)C)cc2)C(C)=O)c1. The highest BCUT2D eigenvalue weighted by Crippen LogP contribution is 2.22. The third-order valence-electron chi connectivity index (χ3n) is 4.59. The minimum Gasteiger partial charge on any atom is -0.465 e. The molecule has 0 saturated heterocycles. The third kappa shape index (κ3) is 5.91. The molecule has 2 aromatic rings. The van der Waals surface area contributed by atoms with Crippen molar-refractivity contribution in [3.8, 4) is 0 Å². The van der Waals surface area contributed by atoms with Crippen LogP contribution in [-0.4, -0.2) is 38.0 Å². The van der Waals surface area contributed by atoms with Crippen LogP contribution in [0, 0.1) is 0 Å². The molecular formula is C23H28N2O4. The number of esters is 1. The summed E-state index contributed by atoms with van der Waals surface area (Å²) in [4.78, 5) is 37.7. The molecule has 0 aliphatic carbocycles. The quantitative estimate of drug-likeness (QED) is 0.758. The Bertz CT molecular complexity index is 882. The standard InChI is InChI=1S/C23H28N2O4/c1-16(26)25(20-8-6-7-18(15-20)22(28)29-5)14-13-24-21(27)17-9-11-19(12-10-17)23(2,3)4/h6-12,15H,13-14H2,1-5H3,(H,24,27). The minimum atomic E-state index is -0.470. The largest absolute Gasteiger partial charge is 0.465 e. The van der Waals surface area contributed by atoms with E-state index in [2.05, 4.69) is 26.1 Å². The van der Waals surface area contributed by atoms with Gasteiger partial charge >= 0.3 is 5.97 Å². The lowest BCUT2D eigenvalue weighted by Crippen LogP contribution is -2.37. The first kappa shape index (κ1) is 22.1. The van der Waals surface area contributed by atoms with Crippen molar-refractivity contribution in [1.82, 2.24) is 5.32 Å². The van der Waals surface area contributed by atoms with Crippen molar-refractivity contribution < 1.29 is 19.1 Å². The van der Waals surface area contributed by atoms with E-state index in [1.165, 1.54) is 18.9 Å². The van der Waals surface area contributed by atoms with Crippen molar-refractivity contribution in [2.75, 3.05) is 25.1 Å². The van der Waals surface area contributed by atoms with Gasteiger partial charge in [0, 0.05) is 31.3 Å². The van der Waals surface area contributed by atoms with E-state index < -0.39 is 5.97 Å². The summed E-state index contributed by atoms with van der Waals surface area (Å²) in [6, 6.07) is 14.2. The molecule has 6 nitrogen and oxygen atoms in total. The number of nitrogens with zero attached hydrogens (tertiary/aromatic N) is 1. The van der Waals surface area contributed by atoms with E-state index in [1.807, 2.05) is 12.1 Å². The summed E-state index contributed by atoms with van der Waals surface area (Å²) in [6.07, 6.45) is 0. The molecule has 0 radical (unpaired) electrons. The van der Waals surface area contributed by atoms with Crippen molar-refractivity contribution in [2.24, 2.45) is 0 Å². The van der Waals surface area contributed by atoms with Crippen molar-refractivity contribution in [3.63, 3.8) is 0 Å². The number of carbonyl (C=O) groups is 3. The maximum atomic E-state index is 12.4. The highest BCUT2D eigenvalue weighted by Gasteiger charge is 2.16. The van der Waals surface area contributed by atoms with Crippen LogP contribution in [0.15, 0.2) is 48.5 Å². The Morgan fingerprint density at radius 3 is 2.21 bits per heavy atom. The molecule has 2 rings (SSSR count). The maximum absolute atomic E-state index is 12.4. The van der Waals surface area contributed by atoms with Gasteiger partial charge in [-0.1, -0.05) is 39.0 Å². The van der Waals surface area contributed by atoms with Gasteiger partial charge in [0.1, 0.15) is 0 Å². The Hall–Kier alpha value is -3.15. The summed E-state index contributed by atoms with van der Waals surface area (Å²) in [5, 5.41) is 2.84. The fourth-order valence-corrected chi connectivity index (χ4v) is 2.89. The summed E-state index contributed by atoms with van der Waals surface area (Å²) >= 11 is 0. The molecule has 0 unspecified atom stereocenters. The van der Waals surface area contributed by atoms with E-state index in [0.717, 1.165) is 5.56 Å². The van der Waals surface area contributed by atoms with E-state index in [1.54, 1.807) is 36.4 Å². The molecule has 0 saturated carbocycles. The Kier molecular flexibility index (Phi) is 7.15. The smallest absolute Gasteiger partial charge is 0.337 e. The fraction of sp³-hybridized carbons (Fsp3) is 0.348. The second kappa shape index (κ2) is 9.37. The first-order valence-electron chi connectivity index (χ1n) is 9.48. The summed E-state index contributed by atoms with van der Waals surface area (Å²) < 4.78 is 4.72. The highest BCUT2D eigenvalue weighted by atomic mass is 16.5. The van der Waals surface area contributed by atoms with Gasteiger partial charge in [-0.05, 0) is 41.3 Å². The van der Waals surface area contributed by atoms with Gasteiger partial charge in [-0.2, -0.15) is 0 Å². The second-order valence-corrected chi connectivity index (χ2v) is 7.80. The highest BCUT2D eigenvalue weighted by molar-refractivity contribution is 5.96. The Balaban J connectivity index is 2.02. The maximum Gasteiger partial charge on any atom is 0.337 e. The Morgan fingerprint density at radius 2 is 1.66 bits per heavy atom. The normalized spacial score (nSPS) is 10.9. The number of methoxy groups -OCH3 is 1. The molecule has 0 spiro atoms. The lowest BCUT2D eigenvalue weighted by atomic mass is 9.87. The first-order chi connectivity index (χ1) is 13.6. The summed E-state index contributed by atoms with van der Waals surface area (Å²) in [7, 11) is 1.31. The number of hydrogen-bond acceptors (Lipinski definition) is 4. The van der Waals surface area contributed by atoms with Crippen LogP contribution >= 0.6 is 0 Å². The van der Waals surface area contributed by atoms with Crippen LogP contribution < -0.4 is 10.2 Å². The lowest BCUT2D eigenvalue weighted by molar-refractivity contribution is -0.116. The molecule has 6 heteroatoms. The number of ether oxygens (including phenoxy) is 1. The zero-order valence-corrected chi connectivity index (χ0v) is 17.6. The molecule has 0 aliphatic rings. The van der Waals surface area contributed by atoms with Crippen molar-refractivity contribution in [1.29, 1.82) is 0 Å². The number of rotatable bonds is 6. The molecule has 0 fully saturated rings. The van der Waals surface area contributed by atoms with E-state index >= 15 is 0 Å². The van der Waals surface area contributed by atoms with Crippen LogP contribution in [0.1, 0.15) is 54.0 Å². The Labute approximate surface area is 171 Å². The van der Waals surface area contributed by atoms with E-state index in [-0.39, 0.29) is 30.3 Å². The van der Waals surface area contributed by atoms with Crippen LogP contribution in [0.25, 0.3) is 0 Å². The van der Waals surface area contributed by atoms with Crippen LogP contribution in [0.2, 0.25) is 0 Å². The van der Waals surface area contributed by atoms with Crippen LogP contribution in [0.3, 0.4) is 0 Å². The van der Waals surface area contributed by atoms with Gasteiger partial charge in [0.15, 0.2) is 0 Å². The van der Waals surface area contributed by atoms with E-state index in [0.29, 0.717) is 16.8 Å². The number of amides is 2. The van der Waals surface area contributed by atoms with Crippen molar-refractivity contribution in [2.45, 2.75) is 33.1 Å². The van der Waals surface area contributed by atoms with Gasteiger partial charge in [0.2, 0.25) is 5.91 Å². The Morgan fingerprint density at radius 1 is 1.00 bits per heavy atom. The second-order valence-electron chi connectivity index (χ2n) is 7.80. The monoisotopic (exact) mass is 396 g/mol. The topological polar surface area (TPSA) is 75.7 Å². The number of benzene rings is 2. The van der Waals surface area contributed by atoms with Crippen LogP contribution in [0.5, 0.6) is 0 Å².